The average Bonchev–Trinajstić information content (AvgIpc) is 2.44. The summed E-state index contributed by atoms with van der Waals surface area (Å²) in [5.74, 6) is 0. The van der Waals surface area contributed by atoms with Crippen LogP contribution >= 0.6 is 11.6 Å². The molecule has 0 aromatic carbocycles. The first-order chi connectivity index (χ1) is 3.34. The van der Waals surface area contributed by atoms with E-state index in [4.69, 9.17) is 16.9 Å². The van der Waals surface area contributed by atoms with Crippen molar-refractivity contribution in [1.29, 1.82) is 0 Å². The van der Waals surface area contributed by atoms with E-state index in [1.54, 1.807) is 0 Å². The van der Waals surface area contributed by atoms with Crippen LogP contribution in [0.25, 0.3) is 0 Å². The van der Waals surface area contributed by atoms with E-state index in [1.165, 1.54) is 0 Å². The van der Waals surface area contributed by atoms with Gasteiger partial charge in [0.25, 0.3) is 0 Å². The van der Waals surface area contributed by atoms with E-state index >= 15 is 0 Å². The van der Waals surface area contributed by atoms with Crippen LogP contribution in [0.2, 0.25) is 0 Å². The van der Waals surface area contributed by atoms with Crippen LogP contribution in [0, 0.1) is 0 Å². The zero-order valence-corrected chi connectivity index (χ0v) is 4.26. The van der Waals surface area contributed by atoms with E-state index in [1.807, 2.05) is 0 Å². The molecule has 4 heteroatoms. The zero-order chi connectivity index (χ0) is 5.28. The lowest BCUT2D eigenvalue weighted by Crippen LogP contribution is -2.08. The second-order valence-corrected chi connectivity index (χ2v) is 1.76. The smallest absolute Gasteiger partial charge is 0.194 e. The maximum absolute atomic E-state index is 7.83. The quantitative estimate of drug-likeness (QED) is 0.251. The molecule has 2 unspecified atom stereocenters. The van der Waals surface area contributed by atoms with Gasteiger partial charge in [-0.3, -0.25) is 5.26 Å². The maximum atomic E-state index is 7.83. The summed E-state index contributed by atoms with van der Waals surface area (Å²) >= 11 is 5.27. The van der Waals surface area contributed by atoms with Crippen LogP contribution in [0.1, 0.15) is 0 Å². The largest absolute Gasteiger partial charge is 0.369 e. The monoisotopic (exact) mass is 124 g/mol. The lowest BCUT2D eigenvalue weighted by molar-refractivity contribution is -0.259. The van der Waals surface area contributed by atoms with Gasteiger partial charge in [-0.2, -0.15) is 0 Å². The van der Waals surface area contributed by atoms with E-state index in [0.717, 1.165) is 0 Å². The van der Waals surface area contributed by atoms with Gasteiger partial charge in [0.15, 0.2) is 5.56 Å². The molecule has 0 bridgehead atoms. The maximum Gasteiger partial charge on any atom is 0.194 e. The molecule has 1 N–H and O–H groups in total. The van der Waals surface area contributed by atoms with Crippen molar-refractivity contribution < 1.29 is 14.9 Å². The number of rotatable bonds is 2. The van der Waals surface area contributed by atoms with E-state index in [2.05, 4.69) is 9.62 Å². The molecule has 2 atom stereocenters. The van der Waals surface area contributed by atoms with E-state index in [0.29, 0.717) is 6.61 Å². The van der Waals surface area contributed by atoms with Crippen molar-refractivity contribution in [2.45, 2.75) is 11.7 Å². The van der Waals surface area contributed by atoms with Crippen LogP contribution in [0.5, 0.6) is 0 Å². The molecule has 1 saturated heterocycles. The van der Waals surface area contributed by atoms with Gasteiger partial charge in [-0.05, 0) is 0 Å². The Morgan fingerprint density at radius 2 is 2.57 bits per heavy atom. The van der Waals surface area contributed by atoms with Crippen molar-refractivity contribution in [3.05, 3.63) is 0 Å². The van der Waals surface area contributed by atoms with Crippen LogP contribution in [0.15, 0.2) is 0 Å². The first-order valence-electron chi connectivity index (χ1n) is 1.90. The molecule has 0 saturated carbocycles. The molecule has 7 heavy (non-hydrogen) atoms. The molecule has 0 spiro atoms. The fraction of sp³-hybridized carbons (Fsp3) is 1.00. The number of hydrogen-bond acceptors (Lipinski definition) is 3. The molecule has 3 nitrogen and oxygen atoms in total. The predicted octanol–water partition coefficient (Wildman–Crippen LogP) is 0.440. The van der Waals surface area contributed by atoms with Crippen LogP contribution in [-0.4, -0.2) is 23.5 Å². The van der Waals surface area contributed by atoms with Gasteiger partial charge in [0, 0.05) is 0 Å². The number of alkyl halides is 1. The average molecular weight is 125 g/mol. The molecule has 1 heterocycles. The summed E-state index contributed by atoms with van der Waals surface area (Å²) in [5, 5.41) is 7.83. The molecule has 42 valence electrons. The van der Waals surface area contributed by atoms with Crippen molar-refractivity contribution in [2.24, 2.45) is 0 Å². The van der Waals surface area contributed by atoms with Crippen LogP contribution in [0.3, 0.4) is 0 Å². The van der Waals surface area contributed by atoms with Gasteiger partial charge in [0.05, 0.1) is 6.61 Å². The molecule has 1 fully saturated rings. The summed E-state index contributed by atoms with van der Waals surface area (Å²) in [6.07, 6.45) is -0.0910. The summed E-state index contributed by atoms with van der Waals surface area (Å²) in [7, 11) is 0. The SMILES string of the molecule is OOC(Cl)C1CO1. The van der Waals surface area contributed by atoms with Gasteiger partial charge in [-0.1, -0.05) is 11.6 Å². The highest BCUT2D eigenvalue weighted by molar-refractivity contribution is 6.20. The molecule has 1 aliphatic rings. The highest BCUT2D eigenvalue weighted by atomic mass is 35.5. The minimum atomic E-state index is -0.681. The predicted molar refractivity (Wildman–Crippen MR) is 23.1 cm³/mol. The van der Waals surface area contributed by atoms with Crippen molar-refractivity contribution in [2.75, 3.05) is 6.61 Å². The van der Waals surface area contributed by atoms with Crippen molar-refractivity contribution in [3.8, 4) is 0 Å². The van der Waals surface area contributed by atoms with Crippen molar-refractivity contribution in [3.63, 3.8) is 0 Å². The first kappa shape index (κ1) is 5.31. The third-order valence-electron chi connectivity index (χ3n) is 0.752. The second-order valence-electron chi connectivity index (χ2n) is 1.33. The summed E-state index contributed by atoms with van der Waals surface area (Å²) in [5.41, 5.74) is -0.681. The lowest BCUT2D eigenvalue weighted by atomic mass is 10.5. The third-order valence-corrected chi connectivity index (χ3v) is 1.11. The molecule has 0 radical (unpaired) electrons. The molecule has 1 aliphatic heterocycles. The van der Waals surface area contributed by atoms with Gasteiger partial charge in [0.1, 0.15) is 6.10 Å². The van der Waals surface area contributed by atoms with Crippen LogP contribution in [-0.2, 0) is 9.62 Å². The Hall–Kier alpha value is 0.170. The minimum absolute atomic E-state index is 0.0910. The Balaban J connectivity index is 2.10. The van der Waals surface area contributed by atoms with Gasteiger partial charge >= 0.3 is 0 Å². The molecule has 0 amide bonds. The Labute approximate surface area is 45.7 Å². The molecule has 0 aliphatic carbocycles. The Morgan fingerprint density at radius 1 is 2.00 bits per heavy atom. The Bertz CT molecular complexity index is 63.2. The topological polar surface area (TPSA) is 42.0 Å². The number of halogens is 1. The van der Waals surface area contributed by atoms with Crippen molar-refractivity contribution >= 4 is 11.6 Å². The highest BCUT2D eigenvalue weighted by Gasteiger charge is 2.32. The van der Waals surface area contributed by atoms with E-state index in [9.17, 15) is 0 Å². The van der Waals surface area contributed by atoms with Crippen LogP contribution in [0.4, 0.5) is 0 Å². The van der Waals surface area contributed by atoms with Gasteiger partial charge < -0.3 is 4.74 Å². The summed E-state index contributed by atoms with van der Waals surface area (Å²) in [4.78, 5) is 3.71. The molecular weight excluding hydrogens is 119 g/mol. The van der Waals surface area contributed by atoms with E-state index < -0.39 is 5.56 Å². The van der Waals surface area contributed by atoms with Crippen LogP contribution < -0.4 is 0 Å². The second kappa shape index (κ2) is 1.96. The normalized spacial score (nSPS) is 32.6. The minimum Gasteiger partial charge on any atom is -0.369 e. The summed E-state index contributed by atoms with van der Waals surface area (Å²) in [6.45, 7) is 0.592. The van der Waals surface area contributed by atoms with E-state index in [-0.39, 0.29) is 6.10 Å². The third kappa shape index (κ3) is 1.28. The van der Waals surface area contributed by atoms with Gasteiger partial charge in [0.2, 0.25) is 0 Å². The Morgan fingerprint density at radius 3 is 2.71 bits per heavy atom. The lowest BCUT2D eigenvalue weighted by Gasteiger charge is -1.95. The summed E-state index contributed by atoms with van der Waals surface area (Å²) in [6, 6.07) is 0. The zero-order valence-electron chi connectivity index (χ0n) is 3.50. The Kier molecular flexibility index (Phi) is 1.49. The molecular formula is C3H5ClO3. The fourth-order valence-corrected chi connectivity index (χ4v) is 0.420. The summed E-state index contributed by atoms with van der Waals surface area (Å²) < 4.78 is 4.64. The molecule has 0 aromatic heterocycles. The first-order valence-corrected chi connectivity index (χ1v) is 2.34. The van der Waals surface area contributed by atoms with Gasteiger partial charge in [-0.25, -0.2) is 4.89 Å². The fourth-order valence-electron chi connectivity index (χ4n) is 0.275. The highest BCUT2D eigenvalue weighted by Crippen LogP contribution is 2.18. The van der Waals surface area contributed by atoms with Gasteiger partial charge in [-0.15, -0.1) is 0 Å². The number of ether oxygens (including phenoxy) is 1. The van der Waals surface area contributed by atoms with Crippen molar-refractivity contribution in [1.82, 2.24) is 0 Å². The molecule has 1 rings (SSSR count). The standard InChI is InChI=1S/C3H5ClO3/c4-3(7-5)2-1-6-2/h2-3,5H,1H2. The number of epoxide rings is 1. The molecule has 0 aromatic rings. The number of hydrogen-bond donors (Lipinski definition) is 1.